The molecule has 0 nitrogen and oxygen atoms in total. The van der Waals surface area contributed by atoms with Gasteiger partial charge in [-0.2, -0.15) is 0 Å². The van der Waals surface area contributed by atoms with Gasteiger partial charge in [0.2, 0.25) is 0 Å². The van der Waals surface area contributed by atoms with Crippen molar-refractivity contribution in [1.82, 2.24) is 0 Å². The summed E-state index contributed by atoms with van der Waals surface area (Å²) >= 11 is -1.73. The summed E-state index contributed by atoms with van der Waals surface area (Å²) in [7, 11) is 0. The first kappa shape index (κ1) is 29.3. The molecule has 0 atom stereocenters. The minimum atomic E-state index is -1.73. The van der Waals surface area contributed by atoms with Gasteiger partial charge in [0, 0.05) is 0 Å². The fraction of sp³-hybridized carbons (Fsp3) is 0.452. The van der Waals surface area contributed by atoms with Crippen molar-refractivity contribution < 1.29 is 42.2 Å². The molecule has 2 aromatic carbocycles. The van der Waals surface area contributed by atoms with Gasteiger partial charge in [0.15, 0.2) is 0 Å². The van der Waals surface area contributed by atoms with Crippen LogP contribution in [0.25, 0.3) is 11.1 Å². The molecule has 0 spiro atoms. The van der Waals surface area contributed by atoms with E-state index in [0.717, 1.165) is 12.8 Å². The first-order valence-corrected chi connectivity index (χ1v) is 14.8. The number of fused-ring (bicyclic) bond motifs is 3. The third-order valence-electron chi connectivity index (χ3n) is 7.32. The molecule has 0 unspecified atom stereocenters. The van der Waals surface area contributed by atoms with Crippen LogP contribution in [0.15, 0.2) is 52.4 Å². The van der Waals surface area contributed by atoms with Crippen LogP contribution in [0.1, 0.15) is 96.9 Å². The van der Waals surface area contributed by atoms with Crippen molar-refractivity contribution in [3.05, 3.63) is 74.7 Å². The van der Waals surface area contributed by atoms with Crippen LogP contribution in [0.5, 0.6) is 0 Å². The zero-order valence-electron chi connectivity index (χ0n) is 22.2. The standard InChI is InChI=1S/C21H25.C5H5.C5H10.2ClH.Ti/c1-20(2,3)16-9-7-14-11-15-8-10-17(21(4,5)6)13-19(15)18(14)12-16;1-2-4-5-3-1;1-3-5-4-2;;;/h7,9-10,12-13H,11H2,1-6H3;1-3H,4H2;3-4H2,1-2H3;2*1H;/q;;;;;+2/p-2. The van der Waals surface area contributed by atoms with Crippen molar-refractivity contribution in [2.24, 2.45) is 0 Å². The van der Waals surface area contributed by atoms with Crippen LogP contribution in [-0.4, -0.2) is 3.81 Å². The molecule has 0 bridgehead atoms. The smallest absolute Gasteiger partial charge is 1.00 e. The summed E-state index contributed by atoms with van der Waals surface area (Å²) in [5, 5.41) is 0. The first-order valence-electron chi connectivity index (χ1n) is 12.4. The van der Waals surface area contributed by atoms with Crippen LogP contribution in [-0.2, 0) is 34.7 Å². The Morgan fingerprint density at radius 3 is 1.97 bits per heavy atom. The molecule has 0 radical (unpaired) electrons. The Kier molecular flexibility index (Phi) is 9.49. The van der Waals surface area contributed by atoms with E-state index in [4.69, 9.17) is 0 Å². The second-order valence-electron chi connectivity index (χ2n) is 11.6. The molecule has 0 N–H and O–H groups in total. The molecule has 0 saturated carbocycles. The minimum Gasteiger partial charge on any atom is -1.00 e. The van der Waals surface area contributed by atoms with Crippen LogP contribution in [0.2, 0.25) is 0 Å². The van der Waals surface area contributed by atoms with Crippen LogP contribution in [0, 0.1) is 0 Å². The van der Waals surface area contributed by atoms with E-state index in [1.807, 2.05) is 3.81 Å². The van der Waals surface area contributed by atoms with Gasteiger partial charge in [0.25, 0.3) is 0 Å². The summed E-state index contributed by atoms with van der Waals surface area (Å²) in [6.07, 6.45) is 11.8. The van der Waals surface area contributed by atoms with Gasteiger partial charge in [-0.15, -0.1) is 0 Å². The van der Waals surface area contributed by atoms with Gasteiger partial charge in [-0.1, -0.05) is 0 Å². The Morgan fingerprint density at radius 2 is 1.44 bits per heavy atom. The summed E-state index contributed by atoms with van der Waals surface area (Å²) in [6, 6.07) is 12.4. The van der Waals surface area contributed by atoms with Crippen molar-refractivity contribution in [2.75, 3.05) is 0 Å². The molecule has 182 valence electrons. The largest absolute Gasteiger partial charge is 1.00 e. The molecule has 0 saturated heterocycles. The van der Waals surface area contributed by atoms with E-state index >= 15 is 0 Å². The Hall–Kier alpha value is -0.916. The van der Waals surface area contributed by atoms with Crippen LogP contribution in [0.4, 0.5) is 0 Å². The summed E-state index contributed by atoms with van der Waals surface area (Å²) in [4.78, 5) is 0. The number of rotatable bonds is 4. The van der Waals surface area contributed by atoms with Crippen molar-refractivity contribution in [3.8, 4) is 11.1 Å². The van der Waals surface area contributed by atoms with E-state index < -0.39 is 17.4 Å². The monoisotopic (exact) mass is 530 g/mol. The SMILES string of the molecule is CC[C](CC)=[Ti+2]([C]1=CC=CC1)[c]1cc(C(C)(C)C)cc2c1Cc1ccc(C(C)(C)C)cc1-2.[Cl-].[Cl-]. The van der Waals surface area contributed by atoms with Crippen LogP contribution in [0.3, 0.4) is 0 Å². The van der Waals surface area contributed by atoms with Gasteiger partial charge in [0.05, 0.1) is 0 Å². The number of hydrogen-bond donors (Lipinski definition) is 0. The summed E-state index contributed by atoms with van der Waals surface area (Å²) in [5.74, 6) is 0. The van der Waals surface area contributed by atoms with Crippen molar-refractivity contribution in [3.63, 3.8) is 0 Å². The maximum atomic E-state index is 2.63. The molecular formula is C31H40Cl2Ti. The maximum Gasteiger partial charge on any atom is -1.00 e. The normalized spacial score (nSPS) is 13.8. The molecule has 34 heavy (non-hydrogen) atoms. The summed E-state index contributed by atoms with van der Waals surface area (Å²) < 4.78 is 5.30. The Labute approximate surface area is 226 Å². The minimum absolute atomic E-state index is 0. The second-order valence-corrected chi connectivity index (χ2v) is 15.7. The molecule has 2 aliphatic rings. The molecule has 2 aliphatic carbocycles. The third-order valence-corrected chi connectivity index (χ3v) is 12.6. The molecule has 0 heterocycles. The molecule has 0 fully saturated rings. The molecule has 0 aliphatic heterocycles. The van der Waals surface area contributed by atoms with E-state index in [1.54, 1.807) is 13.3 Å². The van der Waals surface area contributed by atoms with Gasteiger partial charge < -0.3 is 24.8 Å². The van der Waals surface area contributed by atoms with Crippen LogP contribution >= 0.6 is 0 Å². The van der Waals surface area contributed by atoms with Gasteiger partial charge >= 0.3 is 203 Å². The summed E-state index contributed by atoms with van der Waals surface area (Å²) in [6.45, 7) is 18.9. The maximum absolute atomic E-state index is 2.63. The molecule has 4 rings (SSSR count). The number of hydrogen-bond acceptors (Lipinski definition) is 0. The Morgan fingerprint density at radius 1 is 0.824 bits per heavy atom. The fourth-order valence-corrected chi connectivity index (χ4v) is 10.4. The predicted molar refractivity (Wildman–Crippen MR) is 139 cm³/mol. The quantitative estimate of drug-likeness (QED) is 0.452. The van der Waals surface area contributed by atoms with E-state index in [9.17, 15) is 0 Å². The fourth-order valence-electron chi connectivity index (χ4n) is 5.22. The van der Waals surface area contributed by atoms with Gasteiger partial charge in [-0.3, -0.25) is 0 Å². The number of halogens is 2. The molecule has 0 amide bonds. The van der Waals surface area contributed by atoms with E-state index in [-0.39, 0.29) is 35.6 Å². The first-order chi connectivity index (χ1) is 15.0. The van der Waals surface area contributed by atoms with E-state index in [0.29, 0.717) is 0 Å². The van der Waals surface area contributed by atoms with Crippen LogP contribution < -0.4 is 28.7 Å². The zero-order valence-corrected chi connectivity index (χ0v) is 25.3. The van der Waals surface area contributed by atoms with Crippen molar-refractivity contribution in [1.29, 1.82) is 0 Å². The van der Waals surface area contributed by atoms with Crippen molar-refractivity contribution >= 4 is 7.68 Å². The molecular weight excluding hydrogens is 491 g/mol. The predicted octanol–water partition coefficient (Wildman–Crippen LogP) is 1.94. The average molecular weight is 531 g/mol. The van der Waals surface area contributed by atoms with Gasteiger partial charge in [-0.25, -0.2) is 0 Å². The third kappa shape index (κ3) is 5.57. The molecule has 2 aromatic rings. The molecule has 3 heteroatoms. The van der Waals surface area contributed by atoms with Gasteiger partial charge in [-0.05, 0) is 0 Å². The number of benzene rings is 2. The Balaban J connectivity index is 0.00000204. The van der Waals surface area contributed by atoms with E-state index in [2.05, 4.69) is 104 Å². The topological polar surface area (TPSA) is 0 Å². The van der Waals surface area contributed by atoms with Crippen molar-refractivity contribution in [2.45, 2.75) is 91.9 Å². The Bertz CT molecular complexity index is 1150. The molecule has 0 aromatic heterocycles. The second kappa shape index (κ2) is 11.0. The summed E-state index contributed by atoms with van der Waals surface area (Å²) in [5.41, 5.74) is 9.45. The van der Waals surface area contributed by atoms with Gasteiger partial charge in [0.1, 0.15) is 0 Å². The average Bonchev–Trinajstić information content (AvgIpc) is 3.37. The van der Waals surface area contributed by atoms with E-state index in [1.165, 1.54) is 40.7 Å². The number of allylic oxidation sites excluding steroid dienone is 4. The zero-order chi connectivity index (χ0) is 23.3.